The molecule has 0 aliphatic heterocycles. The maximum atomic E-state index is 13.5. The number of hydrogen-bond acceptors (Lipinski definition) is 2. The van der Waals surface area contributed by atoms with E-state index in [1.807, 2.05) is 20.8 Å². The number of carbonyl (C=O) groups is 1. The molecule has 0 heterocycles. The molecule has 0 aromatic heterocycles. The van der Waals surface area contributed by atoms with E-state index in [0.717, 1.165) is 0 Å². The lowest BCUT2D eigenvalue weighted by molar-refractivity contribution is -0.125. The first-order valence-corrected chi connectivity index (χ1v) is 6.61. The highest BCUT2D eigenvalue weighted by molar-refractivity contribution is 5.82. The van der Waals surface area contributed by atoms with Crippen LogP contribution in [0.5, 0.6) is 0 Å². The molecule has 1 aromatic rings. The molecular weight excluding hydrogens is 262 g/mol. The molecule has 0 saturated heterocycles. The van der Waals surface area contributed by atoms with Crippen LogP contribution < -0.4 is 11.1 Å². The maximum Gasteiger partial charge on any atom is 0.237 e. The summed E-state index contributed by atoms with van der Waals surface area (Å²) in [6.45, 7) is 7.27. The molecule has 0 aliphatic rings. The highest BCUT2D eigenvalue weighted by Gasteiger charge is 2.28. The Morgan fingerprint density at radius 3 is 2.25 bits per heavy atom. The molecule has 0 radical (unpaired) electrons. The standard InChI is InChI=1S/C15H22F2N2O/c1-9(19-14(20)13(18)15(2,3)4)8-10-11(16)6-5-7-12(10)17/h5-7,9,13H,8,18H2,1-4H3,(H,19,20)/t9?,13-/m1/s1. The van der Waals surface area contributed by atoms with Gasteiger partial charge in [0.25, 0.3) is 0 Å². The third-order valence-corrected chi connectivity index (χ3v) is 3.18. The van der Waals surface area contributed by atoms with Crippen molar-refractivity contribution in [2.75, 3.05) is 0 Å². The Labute approximate surface area is 118 Å². The number of benzene rings is 1. The van der Waals surface area contributed by atoms with Gasteiger partial charge in [0.1, 0.15) is 11.6 Å². The van der Waals surface area contributed by atoms with Gasteiger partial charge < -0.3 is 11.1 Å². The summed E-state index contributed by atoms with van der Waals surface area (Å²) in [5, 5.41) is 2.69. The number of carbonyl (C=O) groups excluding carboxylic acids is 1. The number of amides is 1. The molecule has 0 aliphatic carbocycles. The van der Waals surface area contributed by atoms with Crippen LogP contribution in [0.2, 0.25) is 0 Å². The molecule has 1 rings (SSSR count). The summed E-state index contributed by atoms with van der Waals surface area (Å²) >= 11 is 0. The first kappa shape index (κ1) is 16.6. The van der Waals surface area contributed by atoms with Crippen LogP contribution in [-0.2, 0) is 11.2 Å². The fraction of sp³-hybridized carbons (Fsp3) is 0.533. The molecule has 1 aromatic carbocycles. The van der Waals surface area contributed by atoms with E-state index in [9.17, 15) is 13.6 Å². The smallest absolute Gasteiger partial charge is 0.237 e. The van der Waals surface area contributed by atoms with Crippen LogP contribution in [-0.4, -0.2) is 18.0 Å². The van der Waals surface area contributed by atoms with Gasteiger partial charge in [-0.1, -0.05) is 26.8 Å². The van der Waals surface area contributed by atoms with E-state index in [1.165, 1.54) is 18.2 Å². The first-order chi connectivity index (χ1) is 9.12. The van der Waals surface area contributed by atoms with Crippen LogP contribution in [0.1, 0.15) is 33.3 Å². The van der Waals surface area contributed by atoms with Crippen LogP contribution in [0.15, 0.2) is 18.2 Å². The molecule has 3 N–H and O–H groups in total. The third kappa shape index (κ3) is 4.27. The van der Waals surface area contributed by atoms with Gasteiger partial charge in [0.05, 0.1) is 6.04 Å². The summed E-state index contributed by atoms with van der Waals surface area (Å²) in [6, 6.07) is 2.65. The summed E-state index contributed by atoms with van der Waals surface area (Å²) in [6.07, 6.45) is 0.0844. The molecule has 2 atom stereocenters. The zero-order valence-corrected chi connectivity index (χ0v) is 12.3. The van der Waals surface area contributed by atoms with Gasteiger partial charge in [-0.05, 0) is 30.9 Å². The van der Waals surface area contributed by atoms with Gasteiger partial charge in [-0.3, -0.25) is 4.79 Å². The molecule has 0 saturated carbocycles. The van der Waals surface area contributed by atoms with Crippen LogP contribution in [0.4, 0.5) is 8.78 Å². The second kappa shape index (κ2) is 6.31. The minimum absolute atomic E-state index is 0.0235. The Bertz CT molecular complexity index is 463. The molecule has 0 spiro atoms. The van der Waals surface area contributed by atoms with Crippen molar-refractivity contribution in [2.45, 2.75) is 46.2 Å². The molecule has 5 heteroatoms. The Hall–Kier alpha value is -1.49. The average Bonchev–Trinajstić information content (AvgIpc) is 2.31. The quantitative estimate of drug-likeness (QED) is 0.892. The molecule has 3 nitrogen and oxygen atoms in total. The largest absolute Gasteiger partial charge is 0.352 e. The molecule has 1 unspecified atom stereocenters. The van der Waals surface area contributed by atoms with Crippen molar-refractivity contribution < 1.29 is 13.6 Å². The molecule has 0 bridgehead atoms. The first-order valence-electron chi connectivity index (χ1n) is 6.61. The number of hydrogen-bond donors (Lipinski definition) is 2. The van der Waals surface area contributed by atoms with E-state index in [4.69, 9.17) is 5.73 Å². The van der Waals surface area contributed by atoms with E-state index in [0.29, 0.717) is 0 Å². The van der Waals surface area contributed by atoms with E-state index in [1.54, 1.807) is 6.92 Å². The fourth-order valence-electron chi connectivity index (χ4n) is 1.81. The van der Waals surface area contributed by atoms with Gasteiger partial charge in [0, 0.05) is 11.6 Å². The van der Waals surface area contributed by atoms with Crippen molar-refractivity contribution in [3.8, 4) is 0 Å². The molecular formula is C15H22F2N2O. The van der Waals surface area contributed by atoms with Crippen LogP contribution in [0.3, 0.4) is 0 Å². The van der Waals surface area contributed by atoms with Gasteiger partial charge in [-0.25, -0.2) is 8.78 Å². The Kier molecular flexibility index (Phi) is 5.22. The highest BCUT2D eigenvalue weighted by Crippen LogP contribution is 2.18. The Balaban J connectivity index is 2.69. The van der Waals surface area contributed by atoms with Gasteiger partial charge in [0.2, 0.25) is 5.91 Å². The zero-order chi connectivity index (χ0) is 15.5. The van der Waals surface area contributed by atoms with Crippen molar-refractivity contribution in [1.82, 2.24) is 5.32 Å². The average molecular weight is 284 g/mol. The predicted octanol–water partition coefficient (Wildman–Crippen LogP) is 2.39. The van der Waals surface area contributed by atoms with E-state index in [2.05, 4.69) is 5.32 Å². The molecule has 0 fully saturated rings. The molecule has 20 heavy (non-hydrogen) atoms. The van der Waals surface area contributed by atoms with E-state index >= 15 is 0 Å². The van der Waals surface area contributed by atoms with E-state index in [-0.39, 0.29) is 23.3 Å². The van der Waals surface area contributed by atoms with Crippen molar-refractivity contribution in [1.29, 1.82) is 0 Å². The monoisotopic (exact) mass is 284 g/mol. The van der Waals surface area contributed by atoms with Gasteiger partial charge in [-0.2, -0.15) is 0 Å². The minimum atomic E-state index is -0.671. The molecule has 1 amide bonds. The summed E-state index contributed by atoms with van der Waals surface area (Å²) in [4.78, 5) is 11.9. The van der Waals surface area contributed by atoms with Crippen molar-refractivity contribution in [3.05, 3.63) is 35.4 Å². The summed E-state index contributed by atoms with van der Waals surface area (Å²) in [5.41, 5.74) is 5.44. The predicted molar refractivity (Wildman–Crippen MR) is 75.1 cm³/mol. The topological polar surface area (TPSA) is 55.1 Å². The highest BCUT2D eigenvalue weighted by atomic mass is 19.1. The number of halogens is 2. The summed E-state index contributed by atoms with van der Waals surface area (Å²) in [5.74, 6) is -1.53. The van der Waals surface area contributed by atoms with Crippen molar-refractivity contribution >= 4 is 5.91 Å². The number of nitrogens with two attached hydrogens (primary N) is 1. The summed E-state index contributed by atoms with van der Waals surface area (Å²) in [7, 11) is 0. The third-order valence-electron chi connectivity index (χ3n) is 3.18. The zero-order valence-electron chi connectivity index (χ0n) is 12.3. The lowest BCUT2D eigenvalue weighted by Crippen LogP contribution is -2.51. The number of nitrogens with one attached hydrogen (secondary N) is 1. The van der Waals surface area contributed by atoms with Crippen LogP contribution >= 0.6 is 0 Å². The Morgan fingerprint density at radius 2 is 1.80 bits per heavy atom. The van der Waals surface area contributed by atoms with Crippen molar-refractivity contribution in [3.63, 3.8) is 0 Å². The van der Waals surface area contributed by atoms with E-state index < -0.39 is 23.7 Å². The van der Waals surface area contributed by atoms with Gasteiger partial charge in [-0.15, -0.1) is 0 Å². The van der Waals surface area contributed by atoms with Crippen LogP contribution in [0, 0.1) is 17.0 Å². The SMILES string of the molecule is CC(Cc1c(F)cccc1F)NC(=O)[C@@H](N)C(C)(C)C. The van der Waals surface area contributed by atoms with Crippen molar-refractivity contribution in [2.24, 2.45) is 11.1 Å². The van der Waals surface area contributed by atoms with Gasteiger partial charge in [0.15, 0.2) is 0 Å². The van der Waals surface area contributed by atoms with Crippen LogP contribution in [0.25, 0.3) is 0 Å². The Morgan fingerprint density at radius 1 is 1.30 bits per heavy atom. The van der Waals surface area contributed by atoms with Gasteiger partial charge >= 0.3 is 0 Å². The number of rotatable bonds is 4. The fourth-order valence-corrected chi connectivity index (χ4v) is 1.81. The second-order valence-electron chi connectivity index (χ2n) is 6.16. The second-order valence-corrected chi connectivity index (χ2v) is 6.16. The minimum Gasteiger partial charge on any atom is -0.352 e. The maximum absolute atomic E-state index is 13.5. The lowest BCUT2D eigenvalue weighted by Gasteiger charge is -2.27. The normalized spacial score (nSPS) is 14.8. The lowest BCUT2D eigenvalue weighted by atomic mass is 9.86. The molecule has 112 valence electrons. The summed E-state index contributed by atoms with van der Waals surface area (Å²) < 4.78 is 27.0.